The van der Waals surface area contributed by atoms with Crippen LogP contribution in [0, 0.1) is 0 Å². The van der Waals surface area contributed by atoms with E-state index in [-0.39, 0.29) is 0 Å². The molecule has 0 spiro atoms. The minimum absolute atomic E-state index is 0.777. The van der Waals surface area contributed by atoms with Crippen LogP contribution in [0.2, 0.25) is 18.8 Å². The summed E-state index contributed by atoms with van der Waals surface area (Å²) in [6, 6.07) is 9.93. The van der Waals surface area contributed by atoms with E-state index in [0.29, 0.717) is 0 Å². The Balaban J connectivity index is 2.39. The maximum absolute atomic E-state index is 6.15. The molecule has 18 heavy (non-hydrogen) atoms. The topological polar surface area (TPSA) is 18.5 Å². The predicted octanol–water partition coefficient (Wildman–Crippen LogP) is 2.75. The van der Waals surface area contributed by atoms with Crippen LogP contribution in [-0.2, 0) is 14.9 Å². The first-order valence-corrected chi connectivity index (χ1v) is 12.3. The van der Waals surface area contributed by atoms with Crippen LogP contribution >= 0.6 is 0 Å². The van der Waals surface area contributed by atoms with Crippen molar-refractivity contribution in [2.24, 2.45) is 0 Å². The monoisotopic (exact) mass is 280 g/mol. The Kier molecular flexibility index (Phi) is 4.11. The van der Waals surface area contributed by atoms with Gasteiger partial charge in [0.2, 0.25) is 0 Å². The largest absolute Gasteiger partial charge is 0.394 e. The summed E-state index contributed by atoms with van der Waals surface area (Å²) in [6.07, 6.45) is 0. The van der Waals surface area contributed by atoms with Gasteiger partial charge < -0.3 is 8.85 Å². The lowest BCUT2D eigenvalue weighted by Crippen LogP contribution is -2.61. The van der Waals surface area contributed by atoms with Crippen molar-refractivity contribution in [3.05, 3.63) is 29.8 Å². The van der Waals surface area contributed by atoms with Gasteiger partial charge in [0.15, 0.2) is 0 Å². The lowest BCUT2D eigenvalue weighted by molar-refractivity contribution is 0.185. The predicted molar refractivity (Wildman–Crippen MR) is 81.1 cm³/mol. The Labute approximate surface area is 113 Å². The van der Waals surface area contributed by atoms with Crippen LogP contribution in [0.1, 0.15) is 19.4 Å². The van der Waals surface area contributed by atoms with Crippen molar-refractivity contribution < 1.29 is 8.85 Å². The highest BCUT2D eigenvalue weighted by Gasteiger charge is 2.48. The summed E-state index contributed by atoms with van der Waals surface area (Å²) in [6.45, 7) is 10.6. The van der Waals surface area contributed by atoms with Gasteiger partial charge in [0.25, 0.3) is 0 Å². The van der Waals surface area contributed by atoms with Gasteiger partial charge in [-0.25, -0.2) is 0 Å². The maximum Gasteiger partial charge on any atom is 0.340 e. The summed E-state index contributed by atoms with van der Waals surface area (Å²) >= 11 is 0. The van der Waals surface area contributed by atoms with Crippen LogP contribution < -0.4 is 5.19 Å². The first-order chi connectivity index (χ1) is 8.53. The number of rotatable bonds is 4. The summed E-state index contributed by atoms with van der Waals surface area (Å²) in [5.41, 5.74) is 2.67. The van der Waals surface area contributed by atoms with Crippen LogP contribution in [-0.4, -0.2) is 29.8 Å². The second kappa shape index (κ2) is 5.29. The van der Waals surface area contributed by atoms with Gasteiger partial charge in [0.05, 0.1) is 8.07 Å². The fourth-order valence-corrected chi connectivity index (χ4v) is 14.7. The van der Waals surface area contributed by atoms with Crippen molar-refractivity contribution in [3.63, 3.8) is 0 Å². The molecule has 0 atom stereocenters. The number of hydrogen-bond donors (Lipinski definition) is 0. The second-order valence-corrected chi connectivity index (χ2v) is 14.1. The molecule has 0 saturated carbocycles. The van der Waals surface area contributed by atoms with Crippen LogP contribution in [0.4, 0.5) is 0 Å². The lowest BCUT2D eigenvalue weighted by Gasteiger charge is -2.41. The molecule has 0 unspecified atom stereocenters. The van der Waals surface area contributed by atoms with Gasteiger partial charge in [0, 0.05) is 19.3 Å². The van der Waals surface area contributed by atoms with Gasteiger partial charge in [0.1, 0.15) is 0 Å². The van der Waals surface area contributed by atoms with Crippen molar-refractivity contribution in [1.82, 2.24) is 0 Å². The number of hydrogen-bond acceptors (Lipinski definition) is 2. The van der Waals surface area contributed by atoms with E-state index in [2.05, 4.69) is 51.2 Å². The molecule has 0 bridgehead atoms. The molecule has 0 N–H and O–H groups in total. The van der Waals surface area contributed by atoms with Crippen LogP contribution in [0.25, 0.3) is 0 Å². The third-order valence-electron chi connectivity index (χ3n) is 3.73. The average Bonchev–Trinajstić information content (AvgIpc) is 2.28. The molecule has 1 heterocycles. The molecule has 0 fully saturated rings. The zero-order valence-corrected chi connectivity index (χ0v) is 14.0. The Morgan fingerprint density at radius 2 is 1.67 bits per heavy atom. The second-order valence-electron chi connectivity index (χ2n) is 5.67. The summed E-state index contributed by atoms with van der Waals surface area (Å²) < 4.78 is 12.3. The van der Waals surface area contributed by atoms with Gasteiger partial charge in [-0.05, 0) is 25.1 Å². The molecule has 0 saturated heterocycles. The van der Waals surface area contributed by atoms with E-state index in [4.69, 9.17) is 8.85 Å². The minimum Gasteiger partial charge on any atom is -0.394 e. The third kappa shape index (κ3) is 2.61. The summed E-state index contributed by atoms with van der Waals surface area (Å²) in [7, 11) is -3.42. The zero-order valence-electron chi connectivity index (χ0n) is 12.0. The van der Waals surface area contributed by atoms with Crippen molar-refractivity contribution in [1.29, 1.82) is 0 Å². The van der Waals surface area contributed by atoms with E-state index in [1.165, 1.54) is 11.2 Å². The first kappa shape index (κ1) is 14.0. The number of benzene rings is 1. The quantitative estimate of drug-likeness (QED) is 0.790. The van der Waals surface area contributed by atoms with Gasteiger partial charge in [-0.1, -0.05) is 42.5 Å². The van der Waals surface area contributed by atoms with Crippen molar-refractivity contribution in [2.75, 3.05) is 13.2 Å². The Bertz CT molecular complexity index is 412. The molecule has 1 aliphatic heterocycles. The van der Waals surface area contributed by atoms with Gasteiger partial charge in [-0.3, -0.25) is 0 Å². The molecule has 100 valence electrons. The normalized spacial score (nSPS) is 20.4. The van der Waals surface area contributed by atoms with E-state index in [1.54, 1.807) is 5.19 Å². The fourth-order valence-electron chi connectivity index (χ4n) is 3.23. The minimum atomic E-state index is -2.01. The van der Waals surface area contributed by atoms with Gasteiger partial charge in [-0.15, -0.1) is 0 Å². The van der Waals surface area contributed by atoms with E-state index < -0.39 is 16.6 Å². The lowest BCUT2D eigenvalue weighted by atomic mass is 10.2. The molecule has 2 nitrogen and oxygen atoms in total. The van der Waals surface area contributed by atoms with Crippen LogP contribution in [0.5, 0.6) is 0 Å². The highest BCUT2D eigenvalue weighted by Crippen LogP contribution is 2.31. The van der Waals surface area contributed by atoms with Crippen molar-refractivity contribution in [3.8, 4) is 0 Å². The van der Waals surface area contributed by atoms with Crippen LogP contribution in [0.15, 0.2) is 24.3 Å². The standard InChI is InChI=1S/C14H24O2Si2/c1-5-15-18(16-6-2)11-13-9-7-8-10-14(13)17(3,4)12-18/h7-10H,5-6,11-12H2,1-4H3. The van der Waals surface area contributed by atoms with E-state index in [0.717, 1.165) is 19.3 Å². The van der Waals surface area contributed by atoms with E-state index >= 15 is 0 Å². The molecule has 0 aliphatic carbocycles. The first-order valence-electron chi connectivity index (χ1n) is 6.89. The molecule has 1 aliphatic rings. The zero-order chi connectivity index (χ0) is 13.2. The summed E-state index contributed by atoms with van der Waals surface area (Å²) in [5, 5.41) is 1.60. The SMILES string of the molecule is CCO[Si]1(OCC)Cc2ccccc2[Si](C)(C)C1. The highest BCUT2D eigenvalue weighted by molar-refractivity contribution is 7.00. The van der Waals surface area contributed by atoms with Crippen LogP contribution in [0.3, 0.4) is 0 Å². The van der Waals surface area contributed by atoms with E-state index in [1.807, 2.05) is 0 Å². The van der Waals surface area contributed by atoms with Gasteiger partial charge >= 0.3 is 8.56 Å². The fraction of sp³-hybridized carbons (Fsp3) is 0.571. The Hall–Kier alpha value is -0.426. The smallest absolute Gasteiger partial charge is 0.340 e. The molecule has 0 amide bonds. The molecular formula is C14H24O2Si2. The molecule has 0 aromatic heterocycles. The molecule has 1 aromatic rings. The van der Waals surface area contributed by atoms with Gasteiger partial charge in [-0.2, -0.15) is 0 Å². The molecular weight excluding hydrogens is 256 g/mol. The number of fused-ring (bicyclic) bond motifs is 1. The molecule has 4 heteroatoms. The third-order valence-corrected chi connectivity index (χ3v) is 13.9. The van der Waals surface area contributed by atoms with E-state index in [9.17, 15) is 0 Å². The average molecular weight is 281 g/mol. The Morgan fingerprint density at radius 3 is 2.28 bits per heavy atom. The molecule has 0 radical (unpaired) electrons. The molecule has 2 rings (SSSR count). The van der Waals surface area contributed by atoms with Crippen molar-refractivity contribution in [2.45, 2.75) is 38.7 Å². The molecule has 1 aromatic carbocycles. The maximum atomic E-state index is 6.15. The van der Waals surface area contributed by atoms with Crippen molar-refractivity contribution >= 4 is 21.8 Å². The summed E-state index contributed by atoms with van der Waals surface area (Å²) in [4.78, 5) is 0. The highest BCUT2D eigenvalue weighted by atomic mass is 28.4. The summed E-state index contributed by atoms with van der Waals surface area (Å²) in [5.74, 6) is 0. The Morgan fingerprint density at radius 1 is 1.06 bits per heavy atom.